The van der Waals surface area contributed by atoms with Gasteiger partial charge in [-0.1, -0.05) is 50.3 Å². The highest BCUT2D eigenvalue weighted by Crippen LogP contribution is 2.32. The molecule has 0 spiro atoms. The Morgan fingerprint density at radius 2 is 1.88 bits per heavy atom. The van der Waals surface area contributed by atoms with Crippen molar-refractivity contribution in [3.8, 4) is 0 Å². The quantitative estimate of drug-likeness (QED) is 0.723. The van der Waals surface area contributed by atoms with Crippen LogP contribution in [0.5, 0.6) is 0 Å². The van der Waals surface area contributed by atoms with Crippen LogP contribution in [0.25, 0.3) is 0 Å². The SMILES string of the molecule is C=CC[C@H](c1ccccc1)[C@@H](CO)C(C)C. The van der Waals surface area contributed by atoms with Gasteiger partial charge in [0, 0.05) is 6.61 Å². The number of aliphatic hydroxyl groups excluding tert-OH is 1. The van der Waals surface area contributed by atoms with Crippen molar-refractivity contribution in [1.82, 2.24) is 0 Å². The molecule has 1 nitrogen and oxygen atoms in total. The third-order valence-electron chi connectivity index (χ3n) is 3.23. The first-order valence-corrected chi connectivity index (χ1v) is 5.97. The molecule has 0 aliphatic heterocycles. The van der Waals surface area contributed by atoms with Crippen LogP contribution in [0, 0.1) is 11.8 Å². The fraction of sp³-hybridized carbons (Fsp3) is 0.467. The molecule has 0 radical (unpaired) electrons. The first-order chi connectivity index (χ1) is 7.70. The van der Waals surface area contributed by atoms with E-state index in [-0.39, 0.29) is 6.61 Å². The van der Waals surface area contributed by atoms with Gasteiger partial charge in [-0.05, 0) is 29.7 Å². The highest BCUT2D eigenvalue weighted by atomic mass is 16.3. The molecule has 0 fully saturated rings. The highest BCUT2D eigenvalue weighted by molar-refractivity contribution is 5.21. The van der Waals surface area contributed by atoms with Gasteiger partial charge < -0.3 is 5.11 Å². The first-order valence-electron chi connectivity index (χ1n) is 5.97. The minimum atomic E-state index is 0.241. The summed E-state index contributed by atoms with van der Waals surface area (Å²) in [5, 5.41) is 9.52. The molecule has 1 aromatic rings. The zero-order valence-corrected chi connectivity index (χ0v) is 10.3. The molecule has 0 aliphatic rings. The smallest absolute Gasteiger partial charge is 0.0467 e. The number of rotatable bonds is 6. The summed E-state index contributed by atoms with van der Waals surface area (Å²) in [4.78, 5) is 0. The fourth-order valence-electron chi connectivity index (χ4n) is 2.24. The maximum atomic E-state index is 9.52. The Morgan fingerprint density at radius 3 is 2.31 bits per heavy atom. The summed E-state index contributed by atoms with van der Waals surface area (Å²) in [6.07, 6.45) is 2.87. The molecule has 0 saturated heterocycles. The van der Waals surface area contributed by atoms with Crippen molar-refractivity contribution < 1.29 is 5.11 Å². The molecule has 1 aromatic carbocycles. The van der Waals surface area contributed by atoms with Gasteiger partial charge in [0.25, 0.3) is 0 Å². The second kappa shape index (κ2) is 6.49. The van der Waals surface area contributed by atoms with Gasteiger partial charge in [-0.2, -0.15) is 0 Å². The molecule has 88 valence electrons. The Bertz CT molecular complexity index is 302. The number of hydrogen-bond acceptors (Lipinski definition) is 1. The molecule has 16 heavy (non-hydrogen) atoms. The molecule has 1 rings (SSSR count). The normalized spacial score (nSPS) is 14.8. The highest BCUT2D eigenvalue weighted by Gasteiger charge is 2.24. The molecule has 1 heteroatoms. The van der Waals surface area contributed by atoms with E-state index in [1.54, 1.807) is 0 Å². The van der Waals surface area contributed by atoms with E-state index in [1.165, 1.54) is 5.56 Å². The van der Waals surface area contributed by atoms with Gasteiger partial charge >= 0.3 is 0 Å². The topological polar surface area (TPSA) is 20.2 Å². The summed E-state index contributed by atoms with van der Waals surface area (Å²) in [5.41, 5.74) is 1.30. The third kappa shape index (κ3) is 3.21. The van der Waals surface area contributed by atoms with Crippen LogP contribution in [0.4, 0.5) is 0 Å². The number of hydrogen-bond donors (Lipinski definition) is 1. The van der Waals surface area contributed by atoms with E-state index in [0.29, 0.717) is 17.8 Å². The van der Waals surface area contributed by atoms with Crippen molar-refractivity contribution in [2.24, 2.45) is 11.8 Å². The zero-order valence-electron chi connectivity index (χ0n) is 10.3. The van der Waals surface area contributed by atoms with Crippen molar-refractivity contribution in [1.29, 1.82) is 0 Å². The molecular formula is C15H22O. The van der Waals surface area contributed by atoms with E-state index in [9.17, 15) is 5.11 Å². The van der Waals surface area contributed by atoms with E-state index < -0.39 is 0 Å². The molecular weight excluding hydrogens is 196 g/mol. The van der Waals surface area contributed by atoms with Gasteiger partial charge in [0.15, 0.2) is 0 Å². The van der Waals surface area contributed by atoms with Crippen molar-refractivity contribution in [2.45, 2.75) is 26.2 Å². The van der Waals surface area contributed by atoms with Crippen LogP contribution >= 0.6 is 0 Å². The molecule has 0 unspecified atom stereocenters. The Labute approximate surface area is 98.8 Å². The Kier molecular flexibility index (Phi) is 5.27. The second-order valence-corrected chi connectivity index (χ2v) is 4.63. The Hall–Kier alpha value is -1.08. The van der Waals surface area contributed by atoms with E-state index >= 15 is 0 Å². The van der Waals surface area contributed by atoms with Gasteiger partial charge in [0.2, 0.25) is 0 Å². The lowest BCUT2D eigenvalue weighted by atomic mass is 9.78. The Morgan fingerprint density at radius 1 is 1.25 bits per heavy atom. The van der Waals surface area contributed by atoms with Crippen molar-refractivity contribution in [3.63, 3.8) is 0 Å². The van der Waals surface area contributed by atoms with Gasteiger partial charge in [-0.3, -0.25) is 0 Å². The monoisotopic (exact) mass is 218 g/mol. The van der Waals surface area contributed by atoms with E-state index in [1.807, 2.05) is 12.1 Å². The van der Waals surface area contributed by atoms with E-state index in [2.05, 4.69) is 44.7 Å². The molecule has 0 amide bonds. The van der Waals surface area contributed by atoms with Crippen LogP contribution in [0.3, 0.4) is 0 Å². The average molecular weight is 218 g/mol. The molecule has 2 atom stereocenters. The maximum Gasteiger partial charge on any atom is 0.0467 e. The standard InChI is InChI=1S/C15H22O/c1-4-8-14(15(11-16)12(2)3)13-9-6-5-7-10-13/h4-7,9-10,12,14-16H,1,8,11H2,2-3H3/t14-,15+/m1/s1. The lowest BCUT2D eigenvalue weighted by Gasteiger charge is -2.28. The minimum Gasteiger partial charge on any atom is -0.396 e. The van der Waals surface area contributed by atoms with Crippen LogP contribution in [0.2, 0.25) is 0 Å². The van der Waals surface area contributed by atoms with Gasteiger partial charge in [-0.25, -0.2) is 0 Å². The molecule has 0 saturated carbocycles. The van der Waals surface area contributed by atoms with Crippen LogP contribution < -0.4 is 0 Å². The summed E-state index contributed by atoms with van der Waals surface area (Å²) in [5.74, 6) is 1.17. The second-order valence-electron chi connectivity index (χ2n) is 4.63. The van der Waals surface area contributed by atoms with Crippen LogP contribution in [-0.2, 0) is 0 Å². The molecule has 0 aliphatic carbocycles. The largest absolute Gasteiger partial charge is 0.396 e. The average Bonchev–Trinajstić information content (AvgIpc) is 2.29. The summed E-state index contributed by atoms with van der Waals surface area (Å²) in [6.45, 7) is 8.39. The molecule has 0 aromatic heterocycles. The number of aliphatic hydroxyl groups is 1. The summed E-state index contributed by atoms with van der Waals surface area (Å²) in [6, 6.07) is 10.4. The van der Waals surface area contributed by atoms with Crippen molar-refractivity contribution in [2.75, 3.05) is 6.61 Å². The molecule has 0 bridgehead atoms. The predicted molar refractivity (Wildman–Crippen MR) is 69.4 cm³/mol. The summed E-state index contributed by atoms with van der Waals surface area (Å²) < 4.78 is 0. The van der Waals surface area contributed by atoms with Gasteiger partial charge in [0.05, 0.1) is 0 Å². The molecule has 0 heterocycles. The fourth-order valence-corrected chi connectivity index (χ4v) is 2.24. The molecule has 1 N–H and O–H groups in total. The number of benzene rings is 1. The maximum absolute atomic E-state index is 9.52. The van der Waals surface area contributed by atoms with Crippen molar-refractivity contribution >= 4 is 0 Å². The summed E-state index contributed by atoms with van der Waals surface area (Å²) >= 11 is 0. The minimum absolute atomic E-state index is 0.241. The van der Waals surface area contributed by atoms with Crippen LogP contribution in [0.15, 0.2) is 43.0 Å². The van der Waals surface area contributed by atoms with Crippen LogP contribution in [0.1, 0.15) is 31.7 Å². The lowest BCUT2D eigenvalue weighted by Crippen LogP contribution is -2.22. The summed E-state index contributed by atoms with van der Waals surface area (Å²) in [7, 11) is 0. The zero-order chi connectivity index (χ0) is 12.0. The number of allylic oxidation sites excluding steroid dienone is 1. The third-order valence-corrected chi connectivity index (χ3v) is 3.23. The van der Waals surface area contributed by atoms with E-state index in [0.717, 1.165) is 6.42 Å². The lowest BCUT2D eigenvalue weighted by molar-refractivity contribution is 0.164. The van der Waals surface area contributed by atoms with Gasteiger partial charge in [-0.15, -0.1) is 6.58 Å². The first kappa shape index (κ1) is 13.0. The predicted octanol–water partition coefficient (Wildman–Crippen LogP) is 3.61. The van der Waals surface area contributed by atoms with Crippen molar-refractivity contribution in [3.05, 3.63) is 48.6 Å². The van der Waals surface area contributed by atoms with Gasteiger partial charge in [0.1, 0.15) is 0 Å². The van der Waals surface area contributed by atoms with Crippen LogP contribution in [-0.4, -0.2) is 11.7 Å². The Balaban J connectivity index is 2.93. The van der Waals surface area contributed by atoms with E-state index in [4.69, 9.17) is 0 Å².